The fourth-order valence-electron chi connectivity index (χ4n) is 8.46. The molecule has 7 rings (SSSR count). The third kappa shape index (κ3) is 5.74. The van der Waals surface area contributed by atoms with Crippen LogP contribution in [0, 0.1) is 24.1 Å². The van der Waals surface area contributed by atoms with Gasteiger partial charge in [0.2, 0.25) is 5.91 Å². The van der Waals surface area contributed by atoms with Crippen LogP contribution in [-0.2, 0) is 16.0 Å². The largest absolute Gasteiger partial charge is 0.444 e. The van der Waals surface area contributed by atoms with Crippen molar-refractivity contribution in [1.29, 1.82) is 5.26 Å². The number of nitriles is 1. The van der Waals surface area contributed by atoms with E-state index in [1.807, 2.05) is 51.0 Å². The van der Waals surface area contributed by atoms with Gasteiger partial charge in [-0.1, -0.05) is 18.2 Å². The fraction of sp³-hybridized carbons (Fsp3) is 0.487. The number of likely N-dealkylation sites (tertiary alicyclic amines) is 2. The number of hydrogen-bond acceptors (Lipinski definition) is 6. The smallest absolute Gasteiger partial charge is 0.410 e. The lowest BCUT2D eigenvalue weighted by Gasteiger charge is -2.28. The van der Waals surface area contributed by atoms with Crippen molar-refractivity contribution >= 4 is 45.6 Å². The summed E-state index contributed by atoms with van der Waals surface area (Å²) in [7, 11) is 0. The van der Waals surface area contributed by atoms with Gasteiger partial charge in [-0.2, -0.15) is 5.26 Å². The van der Waals surface area contributed by atoms with Gasteiger partial charge in [-0.15, -0.1) is 11.8 Å². The number of amides is 2. The Morgan fingerprint density at radius 2 is 1.90 bits per heavy atom. The van der Waals surface area contributed by atoms with E-state index in [1.165, 1.54) is 11.8 Å². The maximum Gasteiger partial charge on any atom is 0.410 e. The van der Waals surface area contributed by atoms with Crippen LogP contribution in [0.5, 0.6) is 0 Å². The molecule has 3 atom stereocenters. The lowest BCUT2D eigenvalue weighted by Crippen LogP contribution is -2.35. The van der Waals surface area contributed by atoms with E-state index in [2.05, 4.69) is 28.8 Å². The van der Waals surface area contributed by atoms with Crippen LogP contribution < -0.4 is 0 Å². The summed E-state index contributed by atoms with van der Waals surface area (Å²) in [5, 5.41) is 12.4. The number of thioether (sulfide) groups is 1. The Morgan fingerprint density at radius 1 is 1.10 bits per heavy atom. The van der Waals surface area contributed by atoms with E-state index in [1.54, 1.807) is 11.8 Å². The summed E-state index contributed by atoms with van der Waals surface area (Å²) in [6.45, 7) is 10.8. The number of benzene rings is 2. The molecule has 1 aliphatic carbocycles. The second-order valence-electron chi connectivity index (χ2n) is 14.8. The summed E-state index contributed by atoms with van der Waals surface area (Å²) in [5.74, 6) is -0.634. The van der Waals surface area contributed by atoms with Crippen LogP contribution >= 0.6 is 11.8 Å². The van der Waals surface area contributed by atoms with Crippen molar-refractivity contribution in [2.24, 2.45) is 0 Å². The minimum atomic E-state index is -0.612. The Kier molecular flexibility index (Phi) is 8.63. The normalized spacial score (nSPS) is 21.0. The molecule has 0 saturated carbocycles. The quantitative estimate of drug-likeness (QED) is 0.200. The first kappa shape index (κ1) is 33.4. The predicted molar refractivity (Wildman–Crippen MR) is 191 cm³/mol. The predicted octanol–water partition coefficient (Wildman–Crippen LogP) is 8.83. The first-order valence-electron chi connectivity index (χ1n) is 17.4. The van der Waals surface area contributed by atoms with E-state index in [0.717, 1.165) is 76.0 Å². The number of aryl methyl sites for hydroxylation is 2. The summed E-state index contributed by atoms with van der Waals surface area (Å²) in [5.41, 5.74) is 5.67. The molecule has 256 valence electrons. The van der Waals surface area contributed by atoms with Crippen LogP contribution in [0.25, 0.3) is 32.9 Å². The minimum absolute atomic E-state index is 0.0302. The summed E-state index contributed by atoms with van der Waals surface area (Å²) in [6, 6.07) is 12.4. The molecule has 3 aliphatic rings. The average molecular weight is 682 g/mol. The van der Waals surface area contributed by atoms with Gasteiger partial charge in [-0.25, -0.2) is 14.2 Å². The Balaban J connectivity index is 1.47. The topological polar surface area (TPSA) is 91.5 Å². The molecule has 4 heterocycles. The zero-order valence-electron chi connectivity index (χ0n) is 29.2. The number of halogens is 1. The van der Waals surface area contributed by atoms with Gasteiger partial charge < -0.3 is 19.1 Å². The number of pyridine rings is 1. The molecule has 0 N–H and O–H groups in total. The van der Waals surface area contributed by atoms with Crippen molar-refractivity contribution in [2.75, 3.05) is 25.9 Å². The SMILES string of the molecule is CSc1nc2c(F)c(-c3cccc4c3C(C#N)CCC4)c(C)cc2c2c1cc(C1CCCN1C(C)=O)n2C1CCN(C(=O)OC(C)(C)C)C1. The zero-order valence-corrected chi connectivity index (χ0v) is 30.0. The van der Waals surface area contributed by atoms with E-state index in [0.29, 0.717) is 42.5 Å². The number of hydrogen-bond donors (Lipinski definition) is 0. The number of nitrogens with zero attached hydrogens (tertiary/aromatic N) is 5. The molecule has 4 aromatic rings. The molecule has 3 unspecified atom stereocenters. The summed E-state index contributed by atoms with van der Waals surface area (Å²) in [6.07, 6.45) is 6.63. The van der Waals surface area contributed by atoms with Gasteiger partial charge in [-0.3, -0.25) is 4.79 Å². The lowest BCUT2D eigenvalue weighted by atomic mass is 9.78. The Labute approximate surface area is 291 Å². The molecule has 2 aromatic heterocycles. The van der Waals surface area contributed by atoms with Gasteiger partial charge in [0.25, 0.3) is 0 Å². The van der Waals surface area contributed by atoms with Crippen LogP contribution in [0.1, 0.15) is 100 Å². The number of ether oxygens (including phenoxy) is 1. The Morgan fingerprint density at radius 3 is 2.61 bits per heavy atom. The summed E-state index contributed by atoms with van der Waals surface area (Å²) >= 11 is 1.48. The van der Waals surface area contributed by atoms with Gasteiger partial charge in [0.1, 0.15) is 16.1 Å². The summed E-state index contributed by atoms with van der Waals surface area (Å²) in [4.78, 5) is 34.7. The molecular weight excluding hydrogens is 638 g/mol. The highest BCUT2D eigenvalue weighted by Gasteiger charge is 2.38. The maximum absolute atomic E-state index is 17.3. The second-order valence-corrected chi connectivity index (χ2v) is 15.6. The highest BCUT2D eigenvalue weighted by molar-refractivity contribution is 7.98. The molecule has 2 fully saturated rings. The van der Waals surface area contributed by atoms with Crippen LogP contribution in [0.3, 0.4) is 0 Å². The van der Waals surface area contributed by atoms with Crippen molar-refractivity contribution in [3.63, 3.8) is 0 Å². The first-order chi connectivity index (χ1) is 23.4. The average Bonchev–Trinajstić information content (AvgIpc) is 3.82. The van der Waals surface area contributed by atoms with E-state index in [9.17, 15) is 14.9 Å². The monoisotopic (exact) mass is 681 g/mol. The van der Waals surface area contributed by atoms with Crippen molar-refractivity contribution in [1.82, 2.24) is 19.4 Å². The highest BCUT2D eigenvalue weighted by atomic mass is 32.2. The molecule has 10 heteroatoms. The molecule has 2 amide bonds. The van der Waals surface area contributed by atoms with Crippen LogP contribution in [0.2, 0.25) is 0 Å². The number of aromatic nitrogens is 2. The lowest BCUT2D eigenvalue weighted by molar-refractivity contribution is -0.129. The number of rotatable bonds is 4. The van der Waals surface area contributed by atoms with Crippen molar-refractivity contribution in [3.8, 4) is 17.2 Å². The standard InChI is InChI=1S/C39H44FN5O3S/c1-22-18-28-35(34(40)32(22)27-13-8-11-24-10-7-12-25(20-41)33(24)27)42-37(49-6)29-19-31(30-14-9-16-44(30)23(2)46)45(36(28)29)26-15-17-43(21-26)38(47)48-39(3,4)5/h8,11,13,18-19,25-26,30H,7,9-10,12,14-17,21H2,1-6H3. The second kappa shape index (κ2) is 12.7. The van der Waals surface area contributed by atoms with Gasteiger partial charge in [0.05, 0.1) is 29.6 Å². The fourth-order valence-corrected chi connectivity index (χ4v) is 9.02. The maximum atomic E-state index is 17.3. The van der Waals surface area contributed by atoms with Crippen LogP contribution in [-0.4, -0.2) is 62.8 Å². The minimum Gasteiger partial charge on any atom is -0.444 e. The van der Waals surface area contributed by atoms with E-state index < -0.39 is 5.60 Å². The number of carbonyl (C=O) groups excluding carboxylic acids is 2. The molecule has 2 aliphatic heterocycles. The van der Waals surface area contributed by atoms with E-state index in [-0.39, 0.29) is 35.8 Å². The van der Waals surface area contributed by atoms with Crippen molar-refractivity contribution in [3.05, 3.63) is 58.5 Å². The van der Waals surface area contributed by atoms with Gasteiger partial charge >= 0.3 is 6.09 Å². The molecule has 49 heavy (non-hydrogen) atoms. The Hall–Kier alpha value is -4.10. The molecule has 2 aromatic carbocycles. The van der Waals surface area contributed by atoms with Crippen molar-refractivity contribution < 1.29 is 18.7 Å². The molecular formula is C39H44FN5O3S. The Bertz CT molecular complexity index is 2040. The molecule has 0 radical (unpaired) electrons. The van der Waals surface area contributed by atoms with Crippen molar-refractivity contribution in [2.45, 2.75) is 102 Å². The molecule has 0 bridgehead atoms. The molecule has 8 nitrogen and oxygen atoms in total. The van der Waals surface area contributed by atoms with Crippen LogP contribution in [0.15, 0.2) is 35.4 Å². The van der Waals surface area contributed by atoms with E-state index >= 15 is 4.39 Å². The zero-order chi connectivity index (χ0) is 34.8. The van der Waals surface area contributed by atoms with Crippen LogP contribution in [0.4, 0.5) is 9.18 Å². The molecule has 2 saturated heterocycles. The third-order valence-electron chi connectivity index (χ3n) is 10.5. The van der Waals surface area contributed by atoms with Gasteiger partial charge in [-0.05, 0) is 107 Å². The molecule has 0 spiro atoms. The number of carbonyl (C=O) groups is 2. The summed E-state index contributed by atoms with van der Waals surface area (Å²) < 4.78 is 25.3. The van der Waals surface area contributed by atoms with Gasteiger partial charge in [0.15, 0.2) is 5.82 Å². The first-order valence-corrected chi connectivity index (χ1v) is 18.6. The van der Waals surface area contributed by atoms with Gasteiger partial charge in [0, 0.05) is 48.6 Å². The highest BCUT2D eigenvalue weighted by Crippen LogP contribution is 2.46. The third-order valence-corrected chi connectivity index (χ3v) is 11.2. The van der Waals surface area contributed by atoms with E-state index in [4.69, 9.17) is 9.72 Å². The number of fused-ring (bicyclic) bond motifs is 4.